The third kappa shape index (κ3) is 17.6. The minimum atomic E-state index is -1.75. The number of nitrogens with one attached hydrogen (secondary N) is 6. The van der Waals surface area contributed by atoms with Gasteiger partial charge in [0.15, 0.2) is 0 Å². The van der Waals surface area contributed by atoms with Gasteiger partial charge in [0.25, 0.3) is 0 Å². The summed E-state index contributed by atoms with van der Waals surface area (Å²) in [7, 11) is 0. The third-order valence-electron chi connectivity index (χ3n) is 9.06. The van der Waals surface area contributed by atoms with Gasteiger partial charge in [-0.3, -0.25) is 38.4 Å². The van der Waals surface area contributed by atoms with Crippen LogP contribution in [0, 0.1) is 23.7 Å². The van der Waals surface area contributed by atoms with Gasteiger partial charge in [-0.25, -0.2) is 9.59 Å². The molecule has 0 aliphatic carbocycles. The van der Waals surface area contributed by atoms with Gasteiger partial charge in [0, 0.05) is 19.5 Å². The Labute approximate surface area is 333 Å². The first-order valence-electron chi connectivity index (χ1n) is 19.3. The third-order valence-corrected chi connectivity index (χ3v) is 9.06. The fourth-order valence-corrected chi connectivity index (χ4v) is 5.71. The van der Waals surface area contributed by atoms with E-state index in [-0.39, 0.29) is 57.4 Å². The highest BCUT2D eigenvalue weighted by Gasteiger charge is 2.36. The molecule has 57 heavy (non-hydrogen) atoms. The lowest BCUT2D eigenvalue weighted by Gasteiger charge is -2.27. The summed E-state index contributed by atoms with van der Waals surface area (Å²) >= 11 is 0. The van der Waals surface area contributed by atoms with Crippen molar-refractivity contribution in [3.8, 4) is 0 Å². The monoisotopic (exact) mass is 811 g/mol. The van der Waals surface area contributed by atoms with E-state index < -0.39 is 108 Å². The molecule has 0 aromatic carbocycles. The number of ether oxygens (including phenoxy) is 2. The Morgan fingerprint density at radius 3 is 1.74 bits per heavy atom. The quantitative estimate of drug-likeness (QED) is 0.0444. The van der Waals surface area contributed by atoms with E-state index >= 15 is 0 Å². The molecule has 1 fully saturated rings. The van der Waals surface area contributed by atoms with E-state index in [0.717, 1.165) is 0 Å². The molecule has 1 rings (SSSR count). The lowest BCUT2D eigenvalue weighted by molar-refractivity contribution is -0.159. The maximum atomic E-state index is 13.5. The molecule has 5 unspecified atom stereocenters. The number of hydrogen-bond donors (Lipinski definition) is 7. The average molecular weight is 812 g/mol. The summed E-state index contributed by atoms with van der Waals surface area (Å²) in [6.45, 7) is 12.6. The number of carbonyl (C=O) groups is 10. The van der Waals surface area contributed by atoms with Gasteiger partial charge in [0.1, 0.15) is 18.1 Å². The zero-order chi connectivity index (χ0) is 43.4. The molecule has 0 spiro atoms. The first-order valence-corrected chi connectivity index (χ1v) is 19.3. The summed E-state index contributed by atoms with van der Waals surface area (Å²) in [5.74, 6) is -9.26. The highest BCUT2D eigenvalue weighted by molar-refractivity contribution is 6.03. The first-order chi connectivity index (χ1) is 26.7. The molecule has 1 heterocycles. The Bertz CT molecular complexity index is 1440. The van der Waals surface area contributed by atoms with Crippen LogP contribution >= 0.6 is 0 Å². The molecule has 0 aromatic heterocycles. The fraction of sp³-hybridized carbons (Fsp3) is 0.730. The zero-order valence-electron chi connectivity index (χ0n) is 34.2. The van der Waals surface area contributed by atoms with Crippen molar-refractivity contribution in [1.82, 2.24) is 36.8 Å². The maximum Gasteiger partial charge on any atom is 0.340 e. The SMILES string of the molecule is CCOC(=O)C(NC(=O)CNC(=O)C(NC(=O)C(CC(C)C)NC(=O)CNC(=O)C(NC(=O)C1CCN(C(=O)CCC(=O)O)C1)C(C)C)C(C)CC)C(=O)OCC. The van der Waals surface area contributed by atoms with Crippen LogP contribution in [0.25, 0.3) is 0 Å². The number of nitrogens with zero attached hydrogens (tertiary/aromatic N) is 1. The Morgan fingerprint density at radius 2 is 1.25 bits per heavy atom. The molecular weight excluding hydrogens is 750 g/mol. The second-order valence-corrected chi connectivity index (χ2v) is 14.5. The standard InChI is InChI=1S/C37H61N7O13/c1-9-22(8)30(35(53)39-18-26(46)41-31(36(54)56-10-2)37(55)57-11-3)43-33(51)24(16-20(4)5)40-25(45)17-38-34(52)29(21(6)7)42-32(50)23-14-15-44(19-23)27(47)12-13-28(48)49/h20-24,29-31H,9-19H2,1-8H3,(H,38,52)(H,39,53)(H,40,45)(H,41,46)(H,42,50)(H,43,51)(H,48,49). The molecule has 1 saturated heterocycles. The molecule has 1 aliphatic rings. The van der Waals surface area contributed by atoms with Gasteiger partial charge in [0.2, 0.25) is 47.4 Å². The van der Waals surface area contributed by atoms with Crippen LogP contribution < -0.4 is 31.9 Å². The Morgan fingerprint density at radius 1 is 0.702 bits per heavy atom. The number of esters is 2. The molecule has 0 saturated carbocycles. The minimum absolute atomic E-state index is 0.0600. The van der Waals surface area contributed by atoms with Gasteiger partial charge in [0.05, 0.1) is 38.6 Å². The number of carbonyl (C=O) groups excluding carboxylic acids is 9. The molecule has 7 amide bonds. The van der Waals surface area contributed by atoms with Crippen molar-refractivity contribution in [3.63, 3.8) is 0 Å². The molecule has 5 atom stereocenters. The van der Waals surface area contributed by atoms with Gasteiger partial charge < -0.3 is 51.4 Å². The van der Waals surface area contributed by atoms with E-state index in [0.29, 0.717) is 12.8 Å². The van der Waals surface area contributed by atoms with Crippen molar-refractivity contribution in [2.24, 2.45) is 23.7 Å². The zero-order valence-corrected chi connectivity index (χ0v) is 34.2. The van der Waals surface area contributed by atoms with Crippen molar-refractivity contribution in [3.05, 3.63) is 0 Å². The minimum Gasteiger partial charge on any atom is -0.481 e. The second kappa shape index (κ2) is 25.1. The topological polar surface area (TPSA) is 285 Å². The van der Waals surface area contributed by atoms with Gasteiger partial charge in [-0.15, -0.1) is 0 Å². The lowest BCUT2D eigenvalue weighted by atomic mass is 9.96. The predicted octanol–water partition coefficient (Wildman–Crippen LogP) is -1.25. The van der Waals surface area contributed by atoms with Crippen molar-refractivity contribution in [2.45, 2.75) is 112 Å². The Hall–Kier alpha value is -5.30. The van der Waals surface area contributed by atoms with Crippen LogP contribution in [0.3, 0.4) is 0 Å². The number of aliphatic carboxylic acids is 1. The number of amides is 7. The summed E-state index contributed by atoms with van der Waals surface area (Å²) in [5, 5.41) is 23.8. The molecule has 7 N–H and O–H groups in total. The molecule has 0 aromatic rings. The van der Waals surface area contributed by atoms with E-state index in [1.165, 1.54) is 18.7 Å². The normalized spacial score (nSPS) is 15.8. The van der Waals surface area contributed by atoms with E-state index in [1.807, 2.05) is 13.8 Å². The van der Waals surface area contributed by atoms with Crippen molar-refractivity contribution in [2.75, 3.05) is 39.4 Å². The van der Waals surface area contributed by atoms with Crippen molar-refractivity contribution >= 4 is 59.3 Å². The molecule has 0 bridgehead atoms. The summed E-state index contributed by atoms with van der Waals surface area (Å²) in [5.41, 5.74) is 0. The first kappa shape index (κ1) is 49.7. The lowest BCUT2D eigenvalue weighted by Crippen LogP contribution is -2.58. The molecule has 20 heteroatoms. The number of hydrogen-bond acceptors (Lipinski definition) is 12. The molecular formula is C37H61N7O13. The van der Waals surface area contributed by atoms with E-state index in [1.54, 1.807) is 27.7 Å². The molecule has 322 valence electrons. The van der Waals surface area contributed by atoms with Crippen molar-refractivity contribution in [1.29, 1.82) is 0 Å². The smallest absolute Gasteiger partial charge is 0.340 e. The van der Waals surface area contributed by atoms with Crippen LogP contribution in [0.2, 0.25) is 0 Å². The number of likely N-dealkylation sites (tertiary alicyclic amines) is 1. The van der Waals surface area contributed by atoms with E-state index in [4.69, 9.17) is 14.6 Å². The van der Waals surface area contributed by atoms with Gasteiger partial charge in [-0.05, 0) is 44.4 Å². The summed E-state index contributed by atoms with van der Waals surface area (Å²) < 4.78 is 9.65. The van der Waals surface area contributed by atoms with Crippen LogP contribution in [0.5, 0.6) is 0 Å². The largest absolute Gasteiger partial charge is 0.481 e. The molecule has 0 radical (unpaired) electrons. The molecule has 20 nitrogen and oxygen atoms in total. The van der Waals surface area contributed by atoms with Crippen LogP contribution in [0.1, 0.15) is 87.5 Å². The Kier molecular flexibility index (Phi) is 21.9. The van der Waals surface area contributed by atoms with E-state index in [2.05, 4.69) is 31.9 Å². The number of carboxylic acid groups (broad SMARTS) is 1. The van der Waals surface area contributed by atoms with Crippen LogP contribution in [-0.2, 0) is 57.4 Å². The summed E-state index contributed by atoms with van der Waals surface area (Å²) in [6.07, 6.45) is 0.428. The highest BCUT2D eigenvalue weighted by atomic mass is 16.6. The van der Waals surface area contributed by atoms with Gasteiger partial charge in [-0.1, -0.05) is 48.0 Å². The second-order valence-electron chi connectivity index (χ2n) is 14.5. The van der Waals surface area contributed by atoms with Crippen molar-refractivity contribution < 1.29 is 62.5 Å². The summed E-state index contributed by atoms with van der Waals surface area (Å²) in [6, 6.07) is -5.07. The maximum absolute atomic E-state index is 13.5. The van der Waals surface area contributed by atoms with Gasteiger partial charge in [-0.2, -0.15) is 0 Å². The predicted molar refractivity (Wildman–Crippen MR) is 202 cm³/mol. The highest BCUT2D eigenvalue weighted by Crippen LogP contribution is 2.19. The Balaban J connectivity index is 2.89. The number of rotatable bonds is 24. The number of carboxylic acids is 1. The van der Waals surface area contributed by atoms with Crippen LogP contribution in [0.15, 0.2) is 0 Å². The molecule has 1 aliphatic heterocycles. The average Bonchev–Trinajstić information content (AvgIpc) is 3.65. The van der Waals surface area contributed by atoms with Gasteiger partial charge >= 0.3 is 17.9 Å². The van der Waals surface area contributed by atoms with Crippen LogP contribution in [-0.4, -0.2) is 133 Å². The van der Waals surface area contributed by atoms with Crippen LogP contribution in [0.4, 0.5) is 0 Å². The summed E-state index contributed by atoms with van der Waals surface area (Å²) in [4.78, 5) is 128. The van der Waals surface area contributed by atoms with E-state index in [9.17, 15) is 47.9 Å². The fourth-order valence-electron chi connectivity index (χ4n) is 5.71.